The van der Waals surface area contributed by atoms with E-state index in [0.29, 0.717) is 25.4 Å². The van der Waals surface area contributed by atoms with Crippen LogP contribution in [0.15, 0.2) is 24.3 Å². The summed E-state index contributed by atoms with van der Waals surface area (Å²) < 4.78 is 0. The van der Waals surface area contributed by atoms with Crippen molar-refractivity contribution in [3.05, 3.63) is 29.8 Å². The molecule has 0 saturated carbocycles. The van der Waals surface area contributed by atoms with Crippen LogP contribution in [-0.4, -0.2) is 50.4 Å². The highest BCUT2D eigenvalue weighted by Gasteiger charge is 2.17. The standard InChI is InChI=1S/C18H29N3O2/c1-14(2)16-8-6-7-9-17(16)21(15(3)22)12-10-18(23)19-11-13-20(4)5/h6-9,14H,10-13H2,1-5H3,(H,19,23). The van der Waals surface area contributed by atoms with Crippen molar-refractivity contribution in [2.75, 3.05) is 38.6 Å². The molecule has 0 spiro atoms. The van der Waals surface area contributed by atoms with Crippen molar-refractivity contribution < 1.29 is 9.59 Å². The molecule has 0 aliphatic heterocycles. The predicted molar refractivity (Wildman–Crippen MR) is 94.7 cm³/mol. The number of anilines is 1. The summed E-state index contributed by atoms with van der Waals surface area (Å²) in [4.78, 5) is 27.7. The molecule has 0 atom stereocenters. The summed E-state index contributed by atoms with van der Waals surface area (Å²) >= 11 is 0. The fraction of sp³-hybridized carbons (Fsp3) is 0.556. The molecule has 0 heterocycles. The lowest BCUT2D eigenvalue weighted by Gasteiger charge is -2.25. The molecule has 1 rings (SSSR count). The highest BCUT2D eigenvalue weighted by Crippen LogP contribution is 2.27. The third-order valence-electron chi connectivity index (χ3n) is 3.67. The number of carbonyl (C=O) groups excluding carboxylic acids is 2. The van der Waals surface area contributed by atoms with Crippen LogP contribution < -0.4 is 10.2 Å². The van der Waals surface area contributed by atoms with Gasteiger partial charge in [-0.3, -0.25) is 9.59 Å². The Balaban J connectivity index is 2.70. The van der Waals surface area contributed by atoms with Gasteiger partial charge in [0.25, 0.3) is 0 Å². The molecule has 1 aromatic rings. The van der Waals surface area contributed by atoms with E-state index in [1.807, 2.05) is 43.3 Å². The van der Waals surface area contributed by atoms with Gasteiger partial charge in [-0.25, -0.2) is 0 Å². The second-order valence-electron chi connectivity index (χ2n) is 6.29. The van der Waals surface area contributed by atoms with E-state index in [-0.39, 0.29) is 11.8 Å². The van der Waals surface area contributed by atoms with E-state index in [2.05, 4.69) is 19.2 Å². The zero-order chi connectivity index (χ0) is 17.4. The molecule has 2 amide bonds. The van der Waals surface area contributed by atoms with Gasteiger partial charge in [0.2, 0.25) is 11.8 Å². The Bertz CT molecular complexity index is 527. The molecular weight excluding hydrogens is 290 g/mol. The van der Waals surface area contributed by atoms with Crippen molar-refractivity contribution >= 4 is 17.5 Å². The summed E-state index contributed by atoms with van der Waals surface area (Å²) in [6, 6.07) is 7.88. The summed E-state index contributed by atoms with van der Waals surface area (Å²) in [5, 5.41) is 2.88. The number of likely N-dealkylation sites (N-methyl/N-ethyl adjacent to an activating group) is 1. The van der Waals surface area contributed by atoms with Gasteiger partial charge in [0.05, 0.1) is 0 Å². The van der Waals surface area contributed by atoms with Gasteiger partial charge in [-0.2, -0.15) is 0 Å². The predicted octanol–water partition coefficient (Wildman–Crippen LogP) is 2.23. The van der Waals surface area contributed by atoms with Gasteiger partial charge in [-0.1, -0.05) is 32.0 Å². The van der Waals surface area contributed by atoms with E-state index in [1.165, 1.54) is 0 Å². The number of rotatable bonds is 8. The topological polar surface area (TPSA) is 52.7 Å². The zero-order valence-corrected chi connectivity index (χ0v) is 14.9. The Labute approximate surface area is 139 Å². The van der Waals surface area contributed by atoms with Crippen molar-refractivity contribution in [1.29, 1.82) is 0 Å². The van der Waals surface area contributed by atoms with Gasteiger partial charge in [-0.15, -0.1) is 0 Å². The van der Waals surface area contributed by atoms with Crippen LogP contribution in [0.2, 0.25) is 0 Å². The molecule has 23 heavy (non-hydrogen) atoms. The quantitative estimate of drug-likeness (QED) is 0.799. The molecule has 5 heteroatoms. The number of benzene rings is 1. The maximum absolute atomic E-state index is 12.0. The maximum Gasteiger partial charge on any atom is 0.223 e. The van der Waals surface area contributed by atoms with Crippen molar-refractivity contribution in [3.63, 3.8) is 0 Å². The number of hydrogen-bond acceptors (Lipinski definition) is 3. The van der Waals surface area contributed by atoms with Gasteiger partial charge in [0.1, 0.15) is 0 Å². The summed E-state index contributed by atoms with van der Waals surface area (Å²) in [6.07, 6.45) is 0.305. The Hall–Kier alpha value is -1.88. The van der Waals surface area contributed by atoms with Crippen molar-refractivity contribution in [2.45, 2.75) is 33.1 Å². The van der Waals surface area contributed by atoms with Gasteiger partial charge in [0.15, 0.2) is 0 Å². The third kappa shape index (κ3) is 6.40. The molecule has 0 unspecified atom stereocenters. The fourth-order valence-electron chi connectivity index (χ4n) is 2.39. The van der Waals surface area contributed by atoms with Crippen molar-refractivity contribution in [1.82, 2.24) is 10.2 Å². The number of para-hydroxylation sites is 1. The summed E-state index contributed by atoms with van der Waals surface area (Å²) in [6.45, 7) is 7.57. The molecule has 0 aromatic heterocycles. The van der Waals surface area contributed by atoms with E-state index >= 15 is 0 Å². The summed E-state index contributed by atoms with van der Waals surface area (Å²) in [7, 11) is 3.93. The van der Waals surface area contributed by atoms with Crippen LogP contribution in [0.3, 0.4) is 0 Å². The minimum Gasteiger partial charge on any atom is -0.355 e. The molecule has 0 aliphatic rings. The Kier molecular flexibility index (Phi) is 7.75. The normalized spacial score (nSPS) is 10.9. The molecule has 128 valence electrons. The first-order chi connectivity index (χ1) is 10.8. The lowest BCUT2D eigenvalue weighted by Crippen LogP contribution is -2.36. The minimum absolute atomic E-state index is 0.0277. The smallest absolute Gasteiger partial charge is 0.223 e. The van der Waals surface area contributed by atoms with Crippen molar-refractivity contribution in [2.24, 2.45) is 0 Å². The van der Waals surface area contributed by atoms with E-state index in [0.717, 1.165) is 17.8 Å². The van der Waals surface area contributed by atoms with Crippen LogP contribution in [0, 0.1) is 0 Å². The average molecular weight is 319 g/mol. The Morgan fingerprint density at radius 1 is 1.13 bits per heavy atom. The Morgan fingerprint density at radius 3 is 2.35 bits per heavy atom. The first kappa shape index (κ1) is 19.2. The number of nitrogens with zero attached hydrogens (tertiary/aromatic N) is 2. The SMILES string of the molecule is CC(=O)N(CCC(=O)NCCN(C)C)c1ccccc1C(C)C. The molecular formula is C18H29N3O2. The lowest BCUT2D eigenvalue weighted by atomic mass is 10.0. The minimum atomic E-state index is -0.0424. The number of carbonyl (C=O) groups is 2. The highest BCUT2D eigenvalue weighted by atomic mass is 16.2. The van der Waals surface area contributed by atoms with Crippen LogP contribution >= 0.6 is 0 Å². The molecule has 0 saturated heterocycles. The molecule has 1 aromatic carbocycles. The van der Waals surface area contributed by atoms with Gasteiger partial charge >= 0.3 is 0 Å². The van der Waals surface area contributed by atoms with Crippen LogP contribution in [0.5, 0.6) is 0 Å². The first-order valence-corrected chi connectivity index (χ1v) is 8.11. The molecule has 5 nitrogen and oxygen atoms in total. The van der Waals surface area contributed by atoms with Crippen LogP contribution in [0.4, 0.5) is 5.69 Å². The van der Waals surface area contributed by atoms with Gasteiger partial charge in [-0.05, 0) is 31.6 Å². The lowest BCUT2D eigenvalue weighted by molar-refractivity contribution is -0.121. The molecule has 0 aliphatic carbocycles. The molecule has 1 N–H and O–H groups in total. The van der Waals surface area contributed by atoms with E-state index in [9.17, 15) is 9.59 Å². The second kappa shape index (κ2) is 9.30. The van der Waals surface area contributed by atoms with Crippen LogP contribution in [0.1, 0.15) is 38.7 Å². The van der Waals surface area contributed by atoms with Crippen molar-refractivity contribution in [3.8, 4) is 0 Å². The van der Waals surface area contributed by atoms with Crippen LogP contribution in [-0.2, 0) is 9.59 Å². The molecule has 0 fully saturated rings. The van der Waals surface area contributed by atoms with Gasteiger partial charge < -0.3 is 15.1 Å². The second-order valence-corrected chi connectivity index (χ2v) is 6.29. The first-order valence-electron chi connectivity index (χ1n) is 8.11. The molecule has 0 bridgehead atoms. The highest BCUT2D eigenvalue weighted by molar-refractivity contribution is 5.93. The number of hydrogen-bond donors (Lipinski definition) is 1. The zero-order valence-electron chi connectivity index (χ0n) is 14.9. The summed E-state index contributed by atoms with van der Waals surface area (Å²) in [5.74, 6) is 0.251. The van der Waals surface area contributed by atoms with E-state index < -0.39 is 0 Å². The van der Waals surface area contributed by atoms with Crippen LogP contribution in [0.25, 0.3) is 0 Å². The van der Waals surface area contributed by atoms with Gasteiger partial charge in [0, 0.05) is 38.7 Å². The largest absolute Gasteiger partial charge is 0.355 e. The fourth-order valence-corrected chi connectivity index (χ4v) is 2.39. The maximum atomic E-state index is 12.0. The molecule has 0 radical (unpaired) electrons. The average Bonchev–Trinajstić information content (AvgIpc) is 2.47. The van der Waals surface area contributed by atoms with E-state index in [4.69, 9.17) is 0 Å². The monoisotopic (exact) mass is 319 g/mol. The number of nitrogens with one attached hydrogen (secondary N) is 1. The third-order valence-corrected chi connectivity index (χ3v) is 3.67. The summed E-state index contributed by atoms with van der Waals surface area (Å²) in [5.41, 5.74) is 2.02. The number of amides is 2. The Morgan fingerprint density at radius 2 is 1.78 bits per heavy atom. The van der Waals surface area contributed by atoms with E-state index in [1.54, 1.807) is 11.8 Å².